The Labute approximate surface area is 235 Å². The summed E-state index contributed by atoms with van der Waals surface area (Å²) in [5.74, 6) is 0.823. The molecule has 0 saturated carbocycles. The van der Waals surface area contributed by atoms with Crippen molar-refractivity contribution in [3.8, 4) is 11.5 Å². The number of fused-ring (bicyclic) bond motifs is 2. The lowest BCUT2D eigenvalue weighted by Crippen LogP contribution is -2.08. The third kappa shape index (κ3) is 6.92. The van der Waals surface area contributed by atoms with Gasteiger partial charge in [-0.1, -0.05) is 93.6 Å². The van der Waals surface area contributed by atoms with Crippen molar-refractivity contribution in [3.63, 3.8) is 0 Å². The molecule has 0 aliphatic carbocycles. The van der Waals surface area contributed by atoms with E-state index in [4.69, 9.17) is 9.47 Å². The van der Waals surface area contributed by atoms with Crippen LogP contribution in [0.4, 0.5) is 11.4 Å². The van der Waals surface area contributed by atoms with E-state index in [0.29, 0.717) is 23.6 Å². The van der Waals surface area contributed by atoms with E-state index in [2.05, 4.69) is 29.3 Å². The molecule has 0 unspecified atom stereocenters. The van der Waals surface area contributed by atoms with Crippen molar-refractivity contribution in [2.45, 2.75) is 45.4 Å². The zero-order chi connectivity index (χ0) is 27.6. The summed E-state index contributed by atoms with van der Waals surface area (Å²) in [5, 5.41) is 12.9. The molecule has 5 nitrogen and oxygen atoms in total. The summed E-state index contributed by atoms with van der Waals surface area (Å²) in [5.41, 5.74) is 1.95. The average molecular weight is 531 g/mol. The monoisotopic (exact) mass is 530 g/mol. The van der Waals surface area contributed by atoms with E-state index < -0.39 is 5.97 Å². The van der Waals surface area contributed by atoms with Gasteiger partial charge < -0.3 is 9.47 Å². The Morgan fingerprint density at radius 3 is 2.23 bits per heavy atom. The summed E-state index contributed by atoms with van der Waals surface area (Å²) in [4.78, 5) is 13.0. The van der Waals surface area contributed by atoms with Crippen LogP contribution in [-0.2, 0) is 0 Å². The summed E-state index contributed by atoms with van der Waals surface area (Å²) < 4.78 is 11.7. The van der Waals surface area contributed by atoms with E-state index >= 15 is 0 Å². The molecular weight excluding hydrogens is 496 g/mol. The third-order valence-corrected chi connectivity index (χ3v) is 6.93. The van der Waals surface area contributed by atoms with E-state index in [0.717, 1.165) is 39.4 Å². The van der Waals surface area contributed by atoms with E-state index in [1.807, 2.05) is 72.8 Å². The molecule has 5 rings (SSSR count). The van der Waals surface area contributed by atoms with Crippen molar-refractivity contribution in [1.82, 2.24) is 0 Å². The Bertz CT molecular complexity index is 1610. The first kappa shape index (κ1) is 27.1. The molecule has 0 heterocycles. The highest BCUT2D eigenvalue weighted by molar-refractivity contribution is 5.99. The molecule has 0 N–H and O–H groups in total. The predicted octanol–water partition coefficient (Wildman–Crippen LogP) is 10.4. The van der Waals surface area contributed by atoms with Gasteiger partial charge in [0.1, 0.15) is 11.5 Å². The zero-order valence-corrected chi connectivity index (χ0v) is 22.9. The van der Waals surface area contributed by atoms with Crippen molar-refractivity contribution in [1.29, 1.82) is 0 Å². The van der Waals surface area contributed by atoms with Gasteiger partial charge in [-0.3, -0.25) is 0 Å². The highest BCUT2D eigenvalue weighted by atomic mass is 16.5. The molecule has 5 aromatic rings. The van der Waals surface area contributed by atoms with E-state index in [9.17, 15) is 4.79 Å². The van der Waals surface area contributed by atoms with Gasteiger partial charge in [0.15, 0.2) is 0 Å². The van der Waals surface area contributed by atoms with Crippen LogP contribution >= 0.6 is 0 Å². The van der Waals surface area contributed by atoms with Crippen molar-refractivity contribution in [2.75, 3.05) is 6.61 Å². The molecule has 0 saturated heterocycles. The first-order valence-corrected chi connectivity index (χ1v) is 14.1. The minimum absolute atomic E-state index is 0.418. The molecule has 5 aromatic carbocycles. The summed E-state index contributed by atoms with van der Waals surface area (Å²) >= 11 is 0. The first-order chi connectivity index (χ1) is 19.7. The van der Waals surface area contributed by atoms with Crippen molar-refractivity contribution in [3.05, 3.63) is 109 Å². The zero-order valence-electron chi connectivity index (χ0n) is 22.9. The molecule has 0 fully saturated rings. The summed E-state index contributed by atoms with van der Waals surface area (Å²) in [6.07, 6.45) is 7.33. The lowest BCUT2D eigenvalue weighted by molar-refractivity contribution is 0.0737. The number of carbonyl (C=O) groups is 1. The Hall–Kier alpha value is -4.51. The van der Waals surface area contributed by atoms with Crippen LogP contribution in [0.5, 0.6) is 11.5 Å². The standard InChI is InChI=1S/C35H34N2O3/c1-2-3-4-5-6-11-24-39-30-20-17-27(18-21-30)35(38)40-34-23-22-33(31-14-9-10-15-32(31)34)37-36-29-19-16-26-12-7-8-13-28(26)25-29/h7-10,12-23,25H,2-6,11,24H2,1H3. The molecule has 0 aromatic heterocycles. The van der Waals surface area contributed by atoms with Crippen LogP contribution < -0.4 is 9.47 Å². The maximum absolute atomic E-state index is 13.0. The lowest BCUT2D eigenvalue weighted by atomic mass is 10.1. The van der Waals surface area contributed by atoms with E-state index in [1.54, 1.807) is 18.2 Å². The molecule has 0 amide bonds. The summed E-state index contributed by atoms with van der Waals surface area (Å²) in [7, 11) is 0. The van der Waals surface area contributed by atoms with Crippen LogP contribution in [0, 0.1) is 0 Å². The van der Waals surface area contributed by atoms with Gasteiger partial charge in [-0.25, -0.2) is 4.79 Å². The molecule has 0 spiro atoms. The number of azo groups is 1. The van der Waals surface area contributed by atoms with E-state index in [-0.39, 0.29) is 0 Å². The number of hydrogen-bond acceptors (Lipinski definition) is 5. The van der Waals surface area contributed by atoms with Gasteiger partial charge in [0.25, 0.3) is 0 Å². The second-order valence-electron chi connectivity index (χ2n) is 9.89. The molecule has 0 radical (unpaired) electrons. The molecular formula is C35H34N2O3. The fourth-order valence-corrected chi connectivity index (χ4v) is 4.70. The average Bonchev–Trinajstić information content (AvgIpc) is 3.00. The highest BCUT2D eigenvalue weighted by Gasteiger charge is 2.13. The van der Waals surface area contributed by atoms with Crippen LogP contribution in [0.2, 0.25) is 0 Å². The van der Waals surface area contributed by atoms with Crippen molar-refractivity contribution in [2.24, 2.45) is 10.2 Å². The Kier molecular flexibility index (Phi) is 9.15. The summed E-state index contributed by atoms with van der Waals surface area (Å²) in [6.45, 7) is 2.91. The van der Waals surface area contributed by atoms with Gasteiger partial charge in [0.2, 0.25) is 0 Å². The number of unbranched alkanes of at least 4 members (excludes halogenated alkanes) is 5. The Morgan fingerprint density at radius 1 is 0.675 bits per heavy atom. The van der Waals surface area contributed by atoms with Gasteiger partial charge in [-0.2, -0.15) is 5.11 Å². The number of carbonyl (C=O) groups excluding carboxylic acids is 1. The fourth-order valence-electron chi connectivity index (χ4n) is 4.70. The van der Waals surface area contributed by atoms with E-state index in [1.165, 1.54) is 32.1 Å². The van der Waals surface area contributed by atoms with Crippen LogP contribution in [0.1, 0.15) is 55.8 Å². The fraction of sp³-hybridized carbons (Fsp3) is 0.229. The number of nitrogens with zero attached hydrogens (tertiary/aromatic N) is 2. The first-order valence-electron chi connectivity index (χ1n) is 14.1. The molecule has 0 atom stereocenters. The topological polar surface area (TPSA) is 60.2 Å². The third-order valence-electron chi connectivity index (χ3n) is 6.93. The number of hydrogen-bond donors (Lipinski definition) is 0. The molecule has 0 aliphatic rings. The van der Waals surface area contributed by atoms with Crippen LogP contribution in [0.15, 0.2) is 113 Å². The molecule has 0 bridgehead atoms. The van der Waals surface area contributed by atoms with Gasteiger partial charge >= 0.3 is 5.97 Å². The van der Waals surface area contributed by atoms with Crippen LogP contribution in [0.3, 0.4) is 0 Å². The number of ether oxygens (including phenoxy) is 2. The second kappa shape index (κ2) is 13.5. The quantitative estimate of drug-likeness (QED) is 0.0697. The molecule has 5 heteroatoms. The normalized spacial score (nSPS) is 11.3. The van der Waals surface area contributed by atoms with Gasteiger partial charge in [0, 0.05) is 10.8 Å². The minimum atomic E-state index is -0.418. The highest BCUT2D eigenvalue weighted by Crippen LogP contribution is 2.35. The van der Waals surface area contributed by atoms with Gasteiger partial charge in [-0.05, 0) is 65.7 Å². The second-order valence-corrected chi connectivity index (χ2v) is 9.89. The Balaban J connectivity index is 1.24. The maximum atomic E-state index is 13.0. The molecule has 202 valence electrons. The predicted molar refractivity (Wildman–Crippen MR) is 162 cm³/mol. The maximum Gasteiger partial charge on any atom is 0.343 e. The van der Waals surface area contributed by atoms with Gasteiger partial charge in [0.05, 0.1) is 23.5 Å². The SMILES string of the molecule is CCCCCCCCOc1ccc(C(=O)Oc2ccc(N=Nc3ccc4ccccc4c3)c3ccccc23)cc1. The van der Waals surface area contributed by atoms with Gasteiger partial charge in [-0.15, -0.1) is 5.11 Å². The smallest absolute Gasteiger partial charge is 0.343 e. The van der Waals surface area contributed by atoms with Crippen LogP contribution in [0.25, 0.3) is 21.5 Å². The largest absolute Gasteiger partial charge is 0.494 e. The van der Waals surface area contributed by atoms with Crippen molar-refractivity contribution < 1.29 is 14.3 Å². The van der Waals surface area contributed by atoms with Crippen molar-refractivity contribution >= 4 is 38.9 Å². The number of esters is 1. The summed E-state index contributed by atoms with van der Waals surface area (Å²) in [6, 6.07) is 32.6. The lowest BCUT2D eigenvalue weighted by Gasteiger charge is -2.10. The minimum Gasteiger partial charge on any atom is -0.494 e. The molecule has 40 heavy (non-hydrogen) atoms. The molecule has 0 aliphatic heterocycles. The van der Waals surface area contributed by atoms with Crippen LogP contribution in [-0.4, -0.2) is 12.6 Å². The number of benzene rings is 5. The number of rotatable bonds is 12. The Morgan fingerprint density at radius 2 is 1.40 bits per heavy atom.